The molecule has 0 aliphatic rings. The normalized spacial score (nSPS) is 12.2. The molecule has 21 heavy (non-hydrogen) atoms. The van der Waals surface area contributed by atoms with E-state index in [1.807, 2.05) is 18.2 Å². The molecule has 0 aliphatic heterocycles. The van der Waals surface area contributed by atoms with E-state index in [0.717, 1.165) is 28.1 Å². The summed E-state index contributed by atoms with van der Waals surface area (Å²) in [6.45, 7) is 0.659. The van der Waals surface area contributed by atoms with Gasteiger partial charge in [-0.2, -0.15) is 0 Å². The number of ether oxygens (including phenoxy) is 1. The molecule has 0 fully saturated rings. The van der Waals surface area contributed by atoms with Gasteiger partial charge in [-0.3, -0.25) is 0 Å². The van der Waals surface area contributed by atoms with Crippen LogP contribution in [0.1, 0.15) is 11.1 Å². The molecule has 0 heterocycles. The Kier molecular flexibility index (Phi) is 6.09. The van der Waals surface area contributed by atoms with Crippen LogP contribution in [0.5, 0.6) is 5.75 Å². The number of benzene rings is 2. The van der Waals surface area contributed by atoms with Gasteiger partial charge in [-0.15, -0.1) is 0 Å². The molecule has 0 radical (unpaired) electrons. The van der Waals surface area contributed by atoms with Crippen molar-refractivity contribution in [2.45, 2.75) is 12.8 Å². The third-order valence-electron chi connectivity index (χ3n) is 3.51. The third-order valence-corrected chi connectivity index (χ3v) is 4.38. The Balaban J connectivity index is 2.05. The Morgan fingerprint density at radius 2 is 1.71 bits per heavy atom. The largest absolute Gasteiger partial charge is 0.496 e. The zero-order chi connectivity index (χ0) is 15.2. The predicted molar refractivity (Wildman–Crippen MR) is 92.1 cm³/mol. The Morgan fingerprint density at radius 1 is 1.10 bits per heavy atom. The summed E-state index contributed by atoms with van der Waals surface area (Å²) in [7, 11) is 1.67. The molecule has 0 spiro atoms. The summed E-state index contributed by atoms with van der Waals surface area (Å²) in [6, 6.07) is 14.2. The van der Waals surface area contributed by atoms with Crippen molar-refractivity contribution in [1.82, 2.24) is 0 Å². The van der Waals surface area contributed by atoms with Crippen molar-refractivity contribution in [1.29, 1.82) is 0 Å². The number of methoxy groups -OCH3 is 1. The van der Waals surface area contributed by atoms with Gasteiger partial charge in [0.05, 0.1) is 11.6 Å². The third kappa shape index (κ3) is 4.73. The van der Waals surface area contributed by atoms with E-state index in [-0.39, 0.29) is 0 Å². The van der Waals surface area contributed by atoms with Crippen LogP contribution in [-0.4, -0.2) is 13.7 Å². The molecule has 112 valence electrons. The average Bonchev–Trinajstić information content (AvgIpc) is 2.49. The Hall–Kier alpha value is -1.03. The summed E-state index contributed by atoms with van der Waals surface area (Å²) in [4.78, 5) is 0. The summed E-state index contributed by atoms with van der Waals surface area (Å²) in [5, 5.41) is 0.766. The van der Waals surface area contributed by atoms with Crippen LogP contribution in [-0.2, 0) is 12.8 Å². The topological polar surface area (TPSA) is 35.2 Å². The molecule has 0 saturated heterocycles. The van der Waals surface area contributed by atoms with Crippen LogP contribution in [0.3, 0.4) is 0 Å². The van der Waals surface area contributed by atoms with Crippen LogP contribution >= 0.6 is 27.5 Å². The van der Waals surface area contributed by atoms with Crippen molar-refractivity contribution in [3.05, 3.63) is 63.1 Å². The summed E-state index contributed by atoms with van der Waals surface area (Å²) >= 11 is 9.44. The number of halogens is 2. The van der Waals surface area contributed by atoms with Crippen molar-refractivity contribution < 1.29 is 4.74 Å². The van der Waals surface area contributed by atoms with E-state index in [2.05, 4.69) is 40.2 Å². The van der Waals surface area contributed by atoms with Crippen LogP contribution in [0.4, 0.5) is 0 Å². The Bertz CT molecular complexity index is 586. The zero-order valence-electron chi connectivity index (χ0n) is 12.0. The molecule has 2 rings (SSSR count). The molecule has 2 N–H and O–H groups in total. The molecule has 1 atom stereocenters. The smallest absolute Gasteiger partial charge is 0.133 e. The number of rotatable bonds is 6. The van der Waals surface area contributed by atoms with Gasteiger partial charge in [-0.1, -0.05) is 29.8 Å². The van der Waals surface area contributed by atoms with Crippen molar-refractivity contribution in [2.24, 2.45) is 11.7 Å². The van der Waals surface area contributed by atoms with Crippen LogP contribution in [0.2, 0.25) is 5.02 Å². The molecule has 2 aromatic carbocycles. The fraction of sp³-hybridized carbons (Fsp3) is 0.294. The molecular formula is C17H19BrClNO. The first kappa shape index (κ1) is 16.3. The molecule has 2 aromatic rings. The fourth-order valence-electron chi connectivity index (χ4n) is 2.36. The summed E-state index contributed by atoms with van der Waals surface area (Å²) in [5.74, 6) is 1.26. The van der Waals surface area contributed by atoms with E-state index in [4.69, 9.17) is 22.1 Å². The summed E-state index contributed by atoms with van der Waals surface area (Å²) in [5.41, 5.74) is 8.45. The second kappa shape index (κ2) is 7.83. The SMILES string of the molecule is COc1ccc(CC(CN)Cc2ccc(Cl)cc2)cc1Br. The standard InChI is InChI=1S/C17H19BrClNO/c1-21-17-7-4-13(10-16(17)18)9-14(11-20)8-12-2-5-15(19)6-3-12/h2-7,10,14H,8-9,11,20H2,1H3. The molecule has 1 unspecified atom stereocenters. The number of hydrogen-bond acceptors (Lipinski definition) is 2. The minimum Gasteiger partial charge on any atom is -0.496 e. The van der Waals surface area contributed by atoms with E-state index >= 15 is 0 Å². The molecule has 0 saturated carbocycles. The Morgan fingerprint density at radius 3 is 2.29 bits per heavy atom. The van der Waals surface area contributed by atoms with E-state index in [9.17, 15) is 0 Å². The molecule has 2 nitrogen and oxygen atoms in total. The average molecular weight is 369 g/mol. The van der Waals surface area contributed by atoms with Gasteiger partial charge >= 0.3 is 0 Å². The predicted octanol–water partition coefficient (Wildman–Crippen LogP) is 4.47. The maximum atomic E-state index is 5.93. The highest BCUT2D eigenvalue weighted by atomic mass is 79.9. The lowest BCUT2D eigenvalue weighted by Gasteiger charge is -2.16. The highest BCUT2D eigenvalue weighted by Gasteiger charge is 2.11. The van der Waals surface area contributed by atoms with Crippen LogP contribution in [0.15, 0.2) is 46.9 Å². The van der Waals surface area contributed by atoms with E-state index in [1.54, 1.807) is 7.11 Å². The lowest BCUT2D eigenvalue weighted by atomic mass is 9.92. The van der Waals surface area contributed by atoms with Crippen molar-refractivity contribution in [2.75, 3.05) is 13.7 Å². The number of hydrogen-bond donors (Lipinski definition) is 1. The first-order chi connectivity index (χ1) is 10.1. The molecule has 0 bridgehead atoms. The van der Waals surface area contributed by atoms with Gasteiger partial charge < -0.3 is 10.5 Å². The number of nitrogens with two attached hydrogens (primary N) is 1. The lowest BCUT2D eigenvalue weighted by molar-refractivity contribution is 0.411. The highest BCUT2D eigenvalue weighted by Crippen LogP contribution is 2.27. The van der Waals surface area contributed by atoms with Gasteiger partial charge in [-0.25, -0.2) is 0 Å². The van der Waals surface area contributed by atoms with Crippen LogP contribution in [0.25, 0.3) is 0 Å². The maximum Gasteiger partial charge on any atom is 0.133 e. The minimum absolute atomic E-state index is 0.409. The monoisotopic (exact) mass is 367 g/mol. The van der Waals surface area contributed by atoms with E-state index < -0.39 is 0 Å². The lowest BCUT2D eigenvalue weighted by Crippen LogP contribution is -2.19. The molecule has 0 aromatic heterocycles. The highest BCUT2D eigenvalue weighted by molar-refractivity contribution is 9.10. The van der Waals surface area contributed by atoms with Gasteiger partial charge in [-0.05, 0) is 76.6 Å². The van der Waals surface area contributed by atoms with E-state index in [1.165, 1.54) is 11.1 Å². The molecule has 0 amide bonds. The zero-order valence-corrected chi connectivity index (χ0v) is 14.3. The van der Waals surface area contributed by atoms with E-state index in [0.29, 0.717) is 12.5 Å². The van der Waals surface area contributed by atoms with Gasteiger partial charge in [0.15, 0.2) is 0 Å². The fourth-order valence-corrected chi connectivity index (χ4v) is 3.08. The first-order valence-electron chi connectivity index (χ1n) is 6.89. The quantitative estimate of drug-likeness (QED) is 0.816. The van der Waals surface area contributed by atoms with Crippen molar-refractivity contribution in [3.63, 3.8) is 0 Å². The second-order valence-electron chi connectivity index (χ2n) is 5.11. The van der Waals surface area contributed by atoms with Gasteiger partial charge in [0, 0.05) is 5.02 Å². The van der Waals surface area contributed by atoms with Gasteiger partial charge in [0.25, 0.3) is 0 Å². The van der Waals surface area contributed by atoms with Crippen molar-refractivity contribution >= 4 is 27.5 Å². The Labute approximate surface area is 139 Å². The minimum atomic E-state index is 0.409. The molecule has 4 heteroatoms. The maximum absolute atomic E-state index is 5.93. The summed E-state index contributed by atoms with van der Waals surface area (Å²) in [6.07, 6.45) is 1.90. The van der Waals surface area contributed by atoms with Crippen molar-refractivity contribution in [3.8, 4) is 5.75 Å². The second-order valence-corrected chi connectivity index (χ2v) is 6.40. The summed E-state index contributed by atoms with van der Waals surface area (Å²) < 4.78 is 6.23. The first-order valence-corrected chi connectivity index (χ1v) is 8.06. The van der Waals surface area contributed by atoms with Gasteiger partial charge in [0.1, 0.15) is 5.75 Å². The van der Waals surface area contributed by atoms with Crippen LogP contribution in [0, 0.1) is 5.92 Å². The van der Waals surface area contributed by atoms with Gasteiger partial charge in [0.2, 0.25) is 0 Å². The van der Waals surface area contributed by atoms with Crippen LogP contribution < -0.4 is 10.5 Å². The molecular weight excluding hydrogens is 350 g/mol. The molecule has 0 aliphatic carbocycles.